The van der Waals surface area contributed by atoms with E-state index in [1.54, 1.807) is 6.92 Å². The Morgan fingerprint density at radius 2 is 1.79 bits per heavy atom. The zero-order valence-electron chi connectivity index (χ0n) is 16.0. The van der Waals surface area contributed by atoms with E-state index in [9.17, 15) is 22.4 Å². The number of sulfonamides is 1. The first kappa shape index (κ1) is 22.2. The molecule has 2 aromatic rings. The maximum Gasteiger partial charge on any atom is 0.340 e. The Bertz CT molecular complexity index is 1010. The Labute approximate surface area is 167 Å². The standard InChI is InChI=1S/C19H20FNO7S/c1-4-28-19(23)14-7-5-6-8-16(14)21(12-18(22)27-3)29(24,25)13-9-10-17(26-2)15(20)11-13/h5-11H,4,12H2,1-3H3. The number of carbonyl (C=O) groups is 2. The van der Waals surface area contributed by atoms with Crippen LogP contribution in [0.1, 0.15) is 17.3 Å². The highest BCUT2D eigenvalue weighted by Gasteiger charge is 2.31. The Kier molecular flexibility index (Phi) is 7.16. The van der Waals surface area contributed by atoms with E-state index in [-0.39, 0.29) is 23.6 Å². The molecule has 2 rings (SSSR count). The molecule has 0 bridgehead atoms. The van der Waals surface area contributed by atoms with Gasteiger partial charge in [0.15, 0.2) is 11.6 Å². The smallest absolute Gasteiger partial charge is 0.340 e. The molecule has 0 amide bonds. The van der Waals surface area contributed by atoms with Crippen molar-refractivity contribution in [2.45, 2.75) is 11.8 Å². The number of carbonyl (C=O) groups excluding carboxylic acids is 2. The lowest BCUT2D eigenvalue weighted by atomic mass is 10.2. The number of nitrogens with zero attached hydrogens (tertiary/aromatic N) is 1. The number of ether oxygens (including phenoxy) is 3. The number of rotatable bonds is 8. The zero-order chi connectivity index (χ0) is 21.6. The number of hydrogen-bond donors (Lipinski definition) is 0. The molecular weight excluding hydrogens is 405 g/mol. The fraction of sp³-hybridized carbons (Fsp3) is 0.263. The first-order valence-corrected chi connectivity index (χ1v) is 9.89. The third-order valence-electron chi connectivity index (χ3n) is 3.88. The van der Waals surface area contributed by atoms with Crippen LogP contribution in [-0.2, 0) is 24.3 Å². The fourth-order valence-electron chi connectivity index (χ4n) is 2.49. The van der Waals surface area contributed by atoms with E-state index in [2.05, 4.69) is 4.74 Å². The first-order chi connectivity index (χ1) is 13.8. The maximum atomic E-state index is 14.1. The van der Waals surface area contributed by atoms with Gasteiger partial charge in [-0.05, 0) is 37.3 Å². The molecule has 0 aromatic heterocycles. The van der Waals surface area contributed by atoms with Crippen LogP contribution in [0, 0.1) is 5.82 Å². The molecule has 0 heterocycles. The van der Waals surface area contributed by atoms with E-state index in [0.29, 0.717) is 4.31 Å². The molecule has 0 aliphatic heterocycles. The second kappa shape index (κ2) is 9.37. The van der Waals surface area contributed by atoms with Gasteiger partial charge in [-0.3, -0.25) is 9.10 Å². The molecule has 0 N–H and O–H groups in total. The molecule has 0 saturated heterocycles. The van der Waals surface area contributed by atoms with E-state index < -0.39 is 39.2 Å². The molecule has 0 atom stereocenters. The van der Waals surface area contributed by atoms with Crippen LogP contribution in [0.15, 0.2) is 47.4 Å². The van der Waals surface area contributed by atoms with E-state index in [0.717, 1.165) is 25.3 Å². The molecule has 29 heavy (non-hydrogen) atoms. The number of hydrogen-bond acceptors (Lipinski definition) is 7. The molecule has 156 valence electrons. The van der Waals surface area contributed by atoms with Crippen LogP contribution < -0.4 is 9.04 Å². The van der Waals surface area contributed by atoms with Gasteiger partial charge in [0.05, 0.1) is 37.0 Å². The SMILES string of the molecule is CCOC(=O)c1ccccc1N(CC(=O)OC)S(=O)(=O)c1ccc(OC)c(F)c1. The summed E-state index contributed by atoms with van der Waals surface area (Å²) in [6.45, 7) is 0.938. The lowest BCUT2D eigenvalue weighted by Crippen LogP contribution is -2.37. The van der Waals surface area contributed by atoms with Gasteiger partial charge in [-0.25, -0.2) is 17.6 Å². The van der Waals surface area contributed by atoms with Crippen molar-refractivity contribution in [2.75, 3.05) is 31.7 Å². The number of para-hydroxylation sites is 1. The van der Waals surface area contributed by atoms with Crippen LogP contribution in [0.25, 0.3) is 0 Å². The number of esters is 2. The summed E-state index contributed by atoms with van der Waals surface area (Å²) in [5.74, 6) is -2.68. The summed E-state index contributed by atoms with van der Waals surface area (Å²) in [4.78, 5) is 23.8. The van der Waals surface area contributed by atoms with Crippen LogP contribution >= 0.6 is 0 Å². The van der Waals surface area contributed by atoms with Crippen molar-refractivity contribution in [1.82, 2.24) is 0 Å². The van der Waals surface area contributed by atoms with Gasteiger partial charge in [0, 0.05) is 0 Å². The maximum absolute atomic E-state index is 14.1. The summed E-state index contributed by atoms with van der Waals surface area (Å²) in [7, 11) is -2.11. The number of anilines is 1. The van der Waals surface area contributed by atoms with Gasteiger partial charge in [-0.1, -0.05) is 12.1 Å². The lowest BCUT2D eigenvalue weighted by Gasteiger charge is -2.25. The minimum Gasteiger partial charge on any atom is -0.494 e. The molecule has 0 aliphatic carbocycles. The average Bonchev–Trinajstić information content (AvgIpc) is 2.71. The van der Waals surface area contributed by atoms with Crippen molar-refractivity contribution in [3.8, 4) is 5.75 Å². The largest absolute Gasteiger partial charge is 0.494 e. The van der Waals surface area contributed by atoms with Gasteiger partial charge in [0.25, 0.3) is 10.0 Å². The van der Waals surface area contributed by atoms with Crippen LogP contribution in [0.2, 0.25) is 0 Å². The van der Waals surface area contributed by atoms with Gasteiger partial charge in [-0.2, -0.15) is 0 Å². The van der Waals surface area contributed by atoms with E-state index in [1.807, 2.05) is 0 Å². The lowest BCUT2D eigenvalue weighted by molar-refractivity contribution is -0.138. The minimum absolute atomic E-state index is 0.0701. The first-order valence-electron chi connectivity index (χ1n) is 8.45. The summed E-state index contributed by atoms with van der Waals surface area (Å²) in [6, 6.07) is 8.77. The molecule has 10 heteroatoms. The molecule has 0 saturated carbocycles. The van der Waals surface area contributed by atoms with Gasteiger partial charge < -0.3 is 14.2 Å². The summed E-state index contributed by atoms with van der Waals surface area (Å²) in [5, 5.41) is 0. The summed E-state index contributed by atoms with van der Waals surface area (Å²) in [5.41, 5.74) is -0.177. The van der Waals surface area contributed by atoms with Gasteiger partial charge >= 0.3 is 11.9 Å². The van der Waals surface area contributed by atoms with Gasteiger partial charge in [0.2, 0.25) is 0 Å². The number of benzene rings is 2. The molecule has 0 radical (unpaired) electrons. The number of halogens is 1. The van der Waals surface area contributed by atoms with Crippen molar-refractivity contribution in [1.29, 1.82) is 0 Å². The summed E-state index contributed by atoms with van der Waals surface area (Å²) in [6.07, 6.45) is 0. The predicted octanol–water partition coefficient (Wildman–Crippen LogP) is 2.38. The third kappa shape index (κ3) is 4.83. The Morgan fingerprint density at radius 1 is 1.10 bits per heavy atom. The van der Waals surface area contributed by atoms with E-state index >= 15 is 0 Å². The summed E-state index contributed by atoms with van der Waals surface area (Å²) < 4.78 is 55.6. The third-order valence-corrected chi connectivity index (χ3v) is 5.64. The second-order valence-electron chi connectivity index (χ2n) is 5.62. The Hall–Kier alpha value is -3.14. The fourth-order valence-corrected chi connectivity index (χ4v) is 3.93. The molecule has 0 unspecified atom stereocenters. The minimum atomic E-state index is -4.45. The van der Waals surface area contributed by atoms with Crippen molar-refractivity contribution in [3.05, 3.63) is 53.8 Å². The van der Waals surface area contributed by atoms with Crippen molar-refractivity contribution in [3.63, 3.8) is 0 Å². The second-order valence-corrected chi connectivity index (χ2v) is 7.48. The average molecular weight is 425 g/mol. The highest BCUT2D eigenvalue weighted by Crippen LogP contribution is 2.29. The van der Waals surface area contributed by atoms with Crippen molar-refractivity contribution in [2.24, 2.45) is 0 Å². The monoisotopic (exact) mass is 425 g/mol. The molecule has 0 spiro atoms. The van der Waals surface area contributed by atoms with Crippen molar-refractivity contribution >= 4 is 27.6 Å². The normalized spacial score (nSPS) is 10.9. The van der Waals surface area contributed by atoms with Crippen LogP contribution in [0.5, 0.6) is 5.75 Å². The Balaban J connectivity index is 2.64. The van der Waals surface area contributed by atoms with Crippen LogP contribution in [0.3, 0.4) is 0 Å². The predicted molar refractivity (Wildman–Crippen MR) is 102 cm³/mol. The molecule has 2 aromatic carbocycles. The molecule has 8 nitrogen and oxygen atoms in total. The van der Waals surface area contributed by atoms with Gasteiger partial charge in [0.1, 0.15) is 6.54 Å². The highest BCUT2D eigenvalue weighted by atomic mass is 32.2. The zero-order valence-corrected chi connectivity index (χ0v) is 16.9. The van der Waals surface area contributed by atoms with E-state index in [1.165, 1.54) is 31.4 Å². The highest BCUT2D eigenvalue weighted by molar-refractivity contribution is 7.92. The molecular formula is C19H20FNO7S. The molecule has 0 fully saturated rings. The number of methoxy groups -OCH3 is 2. The van der Waals surface area contributed by atoms with E-state index in [4.69, 9.17) is 9.47 Å². The van der Waals surface area contributed by atoms with Gasteiger partial charge in [-0.15, -0.1) is 0 Å². The quantitative estimate of drug-likeness (QED) is 0.599. The van der Waals surface area contributed by atoms with Crippen molar-refractivity contribution < 1.29 is 36.6 Å². The topological polar surface area (TPSA) is 99.2 Å². The Morgan fingerprint density at radius 3 is 2.38 bits per heavy atom. The summed E-state index contributed by atoms with van der Waals surface area (Å²) >= 11 is 0. The van der Waals surface area contributed by atoms with Crippen LogP contribution in [0.4, 0.5) is 10.1 Å². The molecule has 0 aliphatic rings. The van der Waals surface area contributed by atoms with Crippen LogP contribution in [-0.4, -0.2) is 47.7 Å².